The van der Waals surface area contributed by atoms with Crippen LogP contribution in [-0.2, 0) is 19.4 Å². The fraction of sp³-hybridized carbons (Fsp3) is 0.857. The molecule has 0 bridgehead atoms. The third kappa shape index (κ3) is 11.1. The summed E-state index contributed by atoms with van der Waals surface area (Å²) in [7, 11) is 1.33. The lowest BCUT2D eigenvalue weighted by Gasteiger charge is -2.35. The van der Waals surface area contributed by atoms with Crippen molar-refractivity contribution >= 4 is 22.8 Å². The largest absolute Gasteiger partial charge is 0.483 e. The molecule has 23 heavy (non-hydrogen) atoms. The molecule has 1 unspecified atom stereocenters. The summed E-state index contributed by atoms with van der Waals surface area (Å²) in [5.41, 5.74) is 0.222. The number of carbonyl (C=O) groups is 2. The van der Waals surface area contributed by atoms with Crippen LogP contribution in [0.5, 0.6) is 0 Å². The lowest BCUT2D eigenvalue weighted by Crippen LogP contribution is -2.44. The standard InChI is InChI=1S/C12H26N2O2S.2CH2O2/c1-12(2)11(6-7-14(12)4)10-13(3)8-9-17(5,15)16;2*2-1-3/h11H,6-10H2,1-5H3;2*1H,(H,2,3). The zero-order valence-electron chi connectivity index (χ0n) is 14.6. The van der Waals surface area contributed by atoms with E-state index in [2.05, 4.69) is 30.7 Å². The van der Waals surface area contributed by atoms with E-state index in [0.29, 0.717) is 12.5 Å². The first kappa shape index (κ1) is 24.1. The van der Waals surface area contributed by atoms with E-state index in [9.17, 15) is 8.42 Å². The van der Waals surface area contributed by atoms with Gasteiger partial charge in [-0.3, -0.25) is 9.59 Å². The van der Waals surface area contributed by atoms with Gasteiger partial charge < -0.3 is 20.0 Å². The number of hydrogen-bond acceptors (Lipinski definition) is 6. The minimum absolute atomic E-state index is 0.222. The van der Waals surface area contributed by atoms with E-state index in [1.54, 1.807) is 0 Å². The molecule has 1 heterocycles. The molecule has 1 atom stereocenters. The quantitative estimate of drug-likeness (QED) is 0.668. The monoisotopic (exact) mass is 354 g/mol. The zero-order valence-corrected chi connectivity index (χ0v) is 15.4. The second kappa shape index (κ2) is 11.4. The van der Waals surface area contributed by atoms with Gasteiger partial charge in [-0.25, -0.2) is 8.42 Å². The molecule has 1 aliphatic rings. The number of hydrogen-bond donors (Lipinski definition) is 2. The van der Waals surface area contributed by atoms with Gasteiger partial charge in [0.05, 0.1) is 5.75 Å². The van der Waals surface area contributed by atoms with Gasteiger partial charge in [0.25, 0.3) is 12.9 Å². The van der Waals surface area contributed by atoms with Gasteiger partial charge >= 0.3 is 0 Å². The number of rotatable bonds is 5. The van der Waals surface area contributed by atoms with Crippen molar-refractivity contribution in [1.82, 2.24) is 9.80 Å². The number of nitrogens with zero attached hydrogens (tertiary/aromatic N) is 2. The molecule has 1 saturated heterocycles. The lowest BCUT2D eigenvalue weighted by molar-refractivity contribution is -0.123. The Hall–Kier alpha value is -1.19. The highest BCUT2D eigenvalue weighted by Gasteiger charge is 2.39. The average molecular weight is 354 g/mol. The Kier molecular flexibility index (Phi) is 11.9. The van der Waals surface area contributed by atoms with Crippen LogP contribution in [0.25, 0.3) is 0 Å². The summed E-state index contributed by atoms with van der Waals surface area (Å²) < 4.78 is 22.2. The molecule has 0 aromatic heterocycles. The predicted molar refractivity (Wildman–Crippen MR) is 89.4 cm³/mol. The van der Waals surface area contributed by atoms with Gasteiger partial charge in [0, 0.05) is 24.9 Å². The van der Waals surface area contributed by atoms with Crippen molar-refractivity contribution in [3.05, 3.63) is 0 Å². The highest BCUT2D eigenvalue weighted by atomic mass is 32.2. The maximum absolute atomic E-state index is 11.1. The van der Waals surface area contributed by atoms with Crippen LogP contribution in [0.4, 0.5) is 0 Å². The SMILES string of the molecule is CN(CCS(C)(=O)=O)CC1CCN(C)C1(C)C.O=CO.O=CO. The van der Waals surface area contributed by atoms with Gasteiger partial charge in [-0.15, -0.1) is 0 Å². The van der Waals surface area contributed by atoms with Crippen LogP contribution < -0.4 is 0 Å². The van der Waals surface area contributed by atoms with Crippen LogP contribution in [-0.4, -0.2) is 92.7 Å². The minimum Gasteiger partial charge on any atom is -0.483 e. The van der Waals surface area contributed by atoms with Crippen LogP contribution in [0.1, 0.15) is 20.3 Å². The van der Waals surface area contributed by atoms with E-state index in [0.717, 1.165) is 13.1 Å². The molecule has 0 saturated carbocycles. The molecule has 0 amide bonds. The van der Waals surface area contributed by atoms with Crippen molar-refractivity contribution in [3.63, 3.8) is 0 Å². The van der Waals surface area contributed by atoms with Crippen molar-refractivity contribution in [3.8, 4) is 0 Å². The van der Waals surface area contributed by atoms with Crippen LogP contribution in [0.3, 0.4) is 0 Å². The first-order valence-electron chi connectivity index (χ1n) is 7.19. The van der Waals surface area contributed by atoms with E-state index >= 15 is 0 Å². The van der Waals surface area contributed by atoms with Gasteiger partial charge in [0.15, 0.2) is 0 Å². The third-order valence-corrected chi connectivity index (χ3v) is 5.10. The van der Waals surface area contributed by atoms with Crippen molar-refractivity contribution in [1.29, 1.82) is 0 Å². The topological polar surface area (TPSA) is 115 Å². The molecule has 1 rings (SSSR count). The molecule has 138 valence electrons. The van der Waals surface area contributed by atoms with Crippen molar-refractivity contribution < 1.29 is 28.2 Å². The second-order valence-electron chi connectivity index (χ2n) is 6.16. The van der Waals surface area contributed by atoms with E-state index in [4.69, 9.17) is 19.8 Å². The molecule has 8 nitrogen and oxygen atoms in total. The van der Waals surface area contributed by atoms with E-state index in [1.165, 1.54) is 12.7 Å². The number of carboxylic acid groups (broad SMARTS) is 2. The van der Waals surface area contributed by atoms with Crippen LogP contribution in [0.15, 0.2) is 0 Å². The normalized spacial score (nSPS) is 20.0. The summed E-state index contributed by atoms with van der Waals surface area (Å²) in [4.78, 5) is 21.3. The molecular formula is C14H30N2O6S. The van der Waals surface area contributed by atoms with E-state index in [-0.39, 0.29) is 24.2 Å². The summed E-state index contributed by atoms with van der Waals surface area (Å²) in [6.07, 6.45) is 2.50. The number of likely N-dealkylation sites (tertiary alicyclic amines) is 1. The minimum atomic E-state index is -2.84. The molecule has 0 aliphatic carbocycles. The summed E-state index contributed by atoms with van der Waals surface area (Å²) in [6.45, 7) is 6.80. The Morgan fingerprint density at radius 3 is 2.00 bits per heavy atom. The maximum atomic E-state index is 11.1. The van der Waals surface area contributed by atoms with Gasteiger partial charge in [0.2, 0.25) is 0 Å². The fourth-order valence-corrected chi connectivity index (χ4v) is 3.05. The molecule has 0 spiro atoms. The van der Waals surface area contributed by atoms with Gasteiger partial charge in [0.1, 0.15) is 9.84 Å². The number of sulfone groups is 1. The molecule has 1 fully saturated rings. The van der Waals surface area contributed by atoms with Crippen LogP contribution in [0, 0.1) is 5.92 Å². The summed E-state index contributed by atoms with van der Waals surface area (Å²) in [6, 6.07) is 0. The predicted octanol–water partition coefficient (Wildman–Crippen LogP) is 0.0947. The summed E-state index contributed by atoms with van der Waals surface area (Å²) in [5, 5.41) is 13.8. The molecule has 2 N–H and O–H groups in total. The molecular weight excluding hydrogens is 324 g/mol. The Labute approximate surface area is 139 Å². The van der Waals surface area contributed by atoms with Crippen molar-refractivity contribution in [2.24, 2.45) is 5.92 Å². The summed E-state index contributed by atoms with van der Waals surface area (Å²) in [5.74, 6) is 0.879. The molecule has 0 aromatic carbocycles. The molecule has 1 aliphatic heterocycles. The van der Waals surface area contributed by atoms with Gasteiger partial charge in [-0.1, -0.05) is 0 Å². The lowest BCUT2D eigenvalue weighted by atomic mass is 9.88. The highest BCUT2D eigenvalue weighted by molar-refractivity contribution is 7.90. The van der Waals surface area contributed by atoms with Crippen LogP contribution >= 0.6 is 0 Å². The van der Waals surface area contributed by atoms with E-state index in [1.807, 2.05) is 7.05 Å². The fourth-order valence-electron chi connectivity index (χ4n) is 2.41. The first-order valence-corrected chi connectivity index (χ1v) is 9.25. The van der Waals surface area contributed by atoms with Crippen LogP contribution in [0.2, 0.25) is 0 Å². The van der Waals surface area contributed by atoms with Gasteiger partial charge in [-0.05, 0) is 46.8 Å². The average Bonchev–Trinajstić information content (AvgIpc) is 2.64. The Morgan fingerprint density at radius 2 is 1.70 bits per heavy atom. The second-order valence-corrected chi connectivity index (χ2v) is 8.42. The molecule has 0 radical (unpaired) electrons. The maximum Gasteiger partial charge on any atom is 0.290 e. The zero-order chi connectivity index (χ0) is 18.7. The first-order chi connectivity index (χ1) is 10.5. The van der Waals surface area contributed by atoms with Crippen molar-refractivity contribution in [2.45, 2.75) is 25.8 Å². The Morgan fingerprint density at radius 1 is 1.26 bits per heavy atom. The van der Waals surface area contributed by atoms with E-state index < -0.39 is 9.84 Å². The Balaban J connectivity index is 0. The Bertz CT molecular complexity index is 433. The van der Waals surface area contributed by atoms with Crippen molar-refractivity contribution in [2.75, 3.05) is 45.7 Å². The molecule has 0 aromatic rings. The third-order valence-electron chi connectivity index (χ3n) is 4.17. The molecule has 9 heteroatoms. The van der Waals surface area contributed by atoms with Gasteiger partial charge in [-0.2, -0.15) is 0 Å². The highest BCUT2D eigenvalue weighted by Crippen LogP contribution is 2.33. The summed E-state index contributed by atoms with van der Waals surface area (Å²) >= 11 is 0. The smallest absolute Gasteiger partial charge is 0.290 e.